The van der Waals surface area contributed by atoms with Gasteiger partial charge < -0.3 is 4.42 Å². The molecule has 0 fully saturated rings. The molecule has 0 atom stereocenters. The van der Waals surface area contributed by atoms with Crippen molar-refractivity contribution in [3.63, 3.8) is 0 Å². The molecule has 3 aromatic heterocycles. The van der Waals surface area contributed by atoms with Crippen LogP contribution in [0, 0.1) is 0 Å². The third kappa shape index (κ3) is 4.60. The molecule has 9 aromatic carbocycles. The van der Waals surface area contributed by atoms with E-state index in [2.05, 4.69) is 180 Å². The van der Waals surface area contributed by atoms with Gasteiger partial charge in [-0.15, -0.1) is 0 Å². The number of hydrogen-bond donors (Lipinski definition) is 0. The molecule has 4 nitrogen and oxygen atoms in total. The van der Waals surface area contributed by atoms with Gasteiger partial charge in [0.05, 0.1) is 22.2 Å². The molecule has 56 heavy (non-hydrogen) atoms. The topological polar surface area (TPSA) is 43.9 Å². The summed E-state index contributed by atoms with van der Waals surface area (Å²) >= 11 is 0. The van der Waals surface area contributed by atoms with Crippen molar-refractivity contribution in [2.75, 3.05) is 0 Å². The van der Waals surface area contributed by atoms with Crippen molar-refractivity contribution in [1.82, 2.24) is 14.5 Å². The zero-order chi connectivity index (χ0) is 36.7. The largest absolute Gasteiger partial charge is 0.456 e. The lowest BCUT2D eigenvalue weighted by molar-refractivity contribution is 0.669. The van der Waals surface area contributed by atoms with Crippen molar-refractivity contribution >= 4 is 76.2 Å². The van der Waals surface area contributed by atoms with Crippen LogP contribution in [0.25, 0.3) is 116 Å². The minimum atomic E-state index is 0.634. The second-order valence-corrected chi connectivity index (χ2v) is 14.5. The zero-order valence-corrected chi connectivity index (χ0v) is 30.1. The van der Waals surface area contributed by atoms with E-state index in [0.717, 1.165) is 71.6 Å². The second-order valence-electron chi connectivity index (χ2n) is 14.5. The third-order valence-corrected chi connectivity index (χ3v) is 11.4. The smallest absolute Gasteiger partial charge is 0.235 e. The Hall–Kier alpha value is -7.56. The molecule has 0 amide bonds. The summed E-state index contributed by atoms with van der Waals surface area (Å²) in [5.41, 5.74) is 11.3. The highest BCUT2D eigenvalue weighted by molar-refractivity contribution is 6.23. The van der Waals surface area contributed by atoms with Crippen molar-refractivity contribution in [3.05, 3.63) is 188 Å². The predicted molar refractivity (Wildman–Crippen MR) is 232 cm³/mol. The van der Waals surface area contributed by atoms with Crippen molar-refractivity contribution in [2.45, 2.75) is 0 Å². The first-order valence-corrected chi connectivity index (χ1v) is 19.0. The highest BCUT2D eigenvalue weighted by atomic mass is 16.3. The van der Waals surface area contributed by atoms with Crippen LogP contribution in [0.4, 0.5) is 0 Å². The summed E-state index contributed by atoms with van der Waals surface area (Å²) < 4.78 is 8.52. The Bertz CT molecular complexity index is 3530. The first-order chi connectivity index (χ1) is 27.8. The molecule has 0 unspecified atom stereocenters. The van der Waals surface area contributed by atoms with E-state index in [0.29, 0.717) is 5.95 Å². The molecular formula is C52H31N3O. The van der Waals surface area contributed by atoms with Crippen LogP contribution in [0.15, 0.2) is 192 Å². The lowest BCUT2D eigenvalue weighted by Gasteiger charge is -2.14. The second kappa shape index (κ2) is 12.0. The van der Waals surface area contributed by atoms with Crippen LogP contribution in [-0.4, -0.2) is 14.5 Å². The van der Waals surface area contributed by atoms with Gasteiger partial charge in [-0.1, -0.05) is 158 Å². The summed E-state index contributed by atoms with van der Waals surface area (Å²) in [5, 5.41) is 10.4. The van der Waals surface area contributed by atoms with Gasteiger partial charge in [-0.25, -0.2) is 9.97 Å². The van der Waals surface area contributed by atoms with Gasteiger partial charge in [-0.3, -0.25) is 4.57 Å². The molecule has 260 valence electrons. The van der Waals surface area contributed by atoms with Crippen LogP contribution < -0.4 is 0 Å². The van der Waals surface area contributed by atoms with Gasteiger partial charge in [0.15, 0.2) is 0 Å². The Morgan fingerprint density at radius 1 is 0.393 bits per heavy atom. The maximum Gasteiger partial charge on any atom is 0.235 e. The summed E-state index contributed by atoms with van der Waals surface area (Å²) in [6, 6.07) is 66.7. The molecule has 0 aliphatic heterocycles. The highest BCUT2D eigenvalue weighted by Gasteiger charge is 2.22. The molecule has 0 bridgehead atoms. The lowest BCUT2D eigenvalue weighted by atomic mass is 9.96. The average molecular weight is 714 g/mol. The fraction of sp³-hybridized carbons (Fsp3) is 0. The summed E-state index contributed by atoms with van der Waals surface area (Å²) in [6.45, 7) is 0. The minimum Gasteiger partial charge on any atom is -0.456 e. The molecule has 0 aliphatic rings. The number of hydrogen-bond acceptors (Lipinski definition) is 3. The van der Waals surface area contributed by atoms with E-state index in [1.165, 1.54) is 38.1 Å². The number of aromatic nitrogens is 3. The number of para-hydroxylation sites is 3. The monoisotopic (exact) mass is 713 g/mol. The van der Waals surface area contributed by atoms with Crippen molar-refractivity contribution in [2.24, 2.45) is 0 Å². The number of benzene rings is 9. The molecule has 12 aromatic rings. The van der Waals surface area contributed by atoms with E-state index in [1.54, 1.807) is 0 Å². The maximum atomic E-state index is 6.24. The van der Waals surface area contributed by atoms with E-state index >= 15 is 0 Å². The van der Waals surface area contributed by atoms with Crippen molar-refractivity contribution in [3.8, 4) is 39.5 Å². The third-order valence-electron chi connectivity index (χ3n) is 11.4. The van der Waals surface area contributed by atoms with Crippen molar-refractivity contribution < 1.29 is 4.42 Å². The van der Waals surface area contributed by atoms with Crippen LogP contribution in [0.5, 0.6) is 0 Å². The average Bonchev–Trinajstić information content (AvgIpc) is 3.82. The fourth-order valence-corrected chi connectivity index (χ4v) is 8.84. The Kier molecular flexibility index (Phi) is 6.60. The Morgan fingerprint density at radius 2 is 1.02 bits per heavy atom. The van der Waals surface area contributed by atoms with Gasteiger partial charge in [-0.05, 0) is 68.6 Å². The minimum absolute atomic E-state index is 0.634. The van der Waals surface area contributed by atoms with Gasteiger partial charge in [0.25, 0.3) is 0 Å². The molecular weight excluding hydrogens is 683 g/mol. The summed E-state index contributed by atoms with van der Waals surface area (Å²) in [5.74, 6) is 0.634. The van der Waals surface area contributed by atoms with Crippen LogP contribution in [-0.2, 0) is 0 Å². The fourth-order valence-electron chi connectivity index (χ4n) is 8.84. The normalized spacial score (nSPS) is 11.9. The summed E-state index contributed by atoms with van der Waals surface area (Å²) in [6.07, 6.45) is 0. The Labute approximate surface area is 321 Å². The molecule has 0 saturated carbocycles. The Balaban J connectivity index is 1.12. The molecule has 12 rings (SSSR count). The summed E-state index contributed by atoms with van der Waals surface area (Å²) in [7, 11) is 0. The van der Waals surface area contributed by atoms with E-state index < -0.39 is 0 Å². The van der Waals surface area contributed by atoms with Gasteiger partial charge in [0.1, 0.15) is 11.2 Å². The first-order valence-electron chi connectivity index (χ1n) is 19.0. The highest BCUT2D eigenvalue weighted by Crippen LogP contribution is 2.43. The van der Waals surface area contributed by atoms with Gasteiger partial charge in [0.2, 0.25) is 5.95 Å². The van der Waals surface area contributed by atoms with Gasteiger partial charge in [0, 0.05) is 38.1 Å². The quantitative estimate of drug-likeness (QED) is 0.182. The lowest BCUT2D eigenvalue weighted by Crippen LogP contribution is -2.04. The van der Waals surface area contributed by atoms with E-state index in [-0.39, 0.29) is 0 Å². The molecule has 0 radical (unpaired) electrons. The van der Waals surface area contributed by atoms with E-state index in [4.69, 9.17) is 14.4 Å². The van der Waals surface area contributed by atoms with E-state index in [9.17, 15) is 0 Å². The van der Waals surface area contributed by atoms with Gasteiger partial charge >= 0.3 is 0 Å². The van der Waals surface area contributed by atoms with Crippen LogP contribution in [0.2, 0.25) is 0 Å². The molecule has 3 heterocycles. The molecule has 0 spiro atoms. The zero-order valence-electron chi connectivity index (χ0n) is 30.1. The van der Waals surface area contributed by atoms with Crippen molar-refractivity contribution in [1.29, 1.82) is 0 Å². The maximum absolute atomic E-state index is 6.24. The summed E-state index contributed by atoms with van der Waals surface area (Å²) in [4.78, 5) is 10.8. The van der Waals surface area contributed by atoms with Gasteiger partial charge in [-0.2, -0.15) is 0 Å². The molecule has 0 N–H and O–H groups in total. The van der Waals surface area contributed by atoms with Crippen LogP contribution in [0.1, 0.15) is 0 Å². The molecule has 4 heteroatoms. The first kappa shape index (κ1) is 30.9. The molecule has 0 saturated heterocycles. The van der Waals surface area contributed by atoms with E-state index in [1.807, 2.05) is 12.1 Å². The van der Waals surface area contributed by atoms with Crippen LogP contribution in [0.3, 0.4) is 0 Å². The number of fused-ring (bicyclic) bond motifs is 10. The SMILES string of the molecule is c1ccc2c(-c3ccc(-c4nc(-n5c6ccc7ccccc7c6c6cccc(-c7ccc8oc9ccccc9c8c7)c65)nc5ccccc45)cc3)cccc2c1. The number of furan rings is 1. The molecule has 0 aliphatic carbocycles. The van der Waals surface area contributed by atoms with Crippen LogP contribution >= 0.6 is 0 Å². The Morgan fingerprint density at radius 3 is 1.89 bits per heavy atom. The number of rotatable bonds is 4. The number of nitrogens with zero attached hydrogens (tertiary/aromatic N) is 3. The predicted octanol–water partition coefficient (Wildman–Crippen LogP) is 13.9. The standard InChI is InChI=1S/C52H31N3O/c1-3-14-37-32(11-1)13-9-18-38(37)34-23-25-35(26-24-34)50-42-17-5-7-21-45(42)53-52(54-50)55-46-29-27-33-12-2-4-15-39(33)49(46)43-20-10-19-40(51(43)55)36-28-30-48-44(31-36)41-16-6-8-22-47(41)56-48/h1-31H.